The number of hydrogen-bond acceptors (Lipinski definition) is 4. The monoisotopic (exact) mass is 253 g/mol. The Kier molecular flexibility index (Phi) is 3.22. The quantitative estimate of drug-likeness (QED) is 0.714. The molecule has 98 valence electrons. The Bertz CT molecular complexity index is 465. The number of carboxylic acids is 1. The van der Waals surface area contributed by atoms with E-state index in [4.69, 9.17) is 9.63 Å². The molecular formula is C11H15N3O4. The fraction of sp³-hybridized carbons (Fsp3) is 0.545. The number of aryl methyl sites for hydroxylation is 1. The summed E-state index contributed by atoms with van der Waals surface area (Å²) in [5, 5.41) is 17.8. The Morgan fingerprint density at radius 2 is 2.22 bits per heavy atom. The standard InChI is InChI=1S/C11H15N3O4/c1-7-4-8(14-18-7)5-12-10(17)13-6-11(2-3-11)9(15)16/h4H,2-3,5-6H2,1H3,(H,15,16)(H2,12,13,17). The van der Waals surface area contributed by atoms with E-state index < -0.39 is 17.4 Å². The first-order valence-corrected chi connectivity index (χ1v) is 5.69. The maximum Gasteiger partial charge on any atom is 0.315 e. The van der Waals surface area contributed by atoms with Gasteiger partial charge in [-0.05, 0) is 19.8 Å². The molecule has 0 aromatic carbocycles. The van der Waals surface area contributed by atoms with Crippen LogP contribution in [-0.2, 0) is 11.3 Å². The van der Waals surface area contributed by atoms with E-state index in [-0.39, 0.29) is 13.1 Å². The van der Waals surface area contributed by atoms with E-state index in [9.17, 15) is 9.59 Å². The molecule has 0 radical (unpaired) electrons. The van der Waals surface area contributed by atoms with Crippen molar-refractivity contribution in [3.63, 3.8) is 0 Å². The Hall–Kier alpha value is -2.05. The van der Waals surface area contributed by atoms with Crippen LogP contribution < -0.4 is 10.6 Å². The molecule has 2 rings (SSSR count). The van der Waals surface area contributed by atoms with Gasteiger partial charge in [0.15, 0.2) is 0 Å². The summed E-state index contributed by atoms with van der Waals surface area (Å²) in [6.07, 6.45) is 1.23. The first-order valence-electron chi connectivity index (χ1n) is 5.69. The lowest BCUT2D eigenvalue weighted by Gasteiger charge is -2.11. The van der Waals surface area contributed by atoms with Gasteiger partial charge in [-0.1, -0.05) is 5.16 Å². The first kappa shape index (κ1) is 12.4. The maximum absolute atomic E-state index is 11.4. The number of hydrogen-bond donors (Lipinski definition) is 3. The van der Waals surface area contributed by atoms with Gasteiger partial charge in [-0.3, -0.25) is 4.79 Å². The Labute approximate surface area is 104 Å². The summed E-state index contributed by atoms with van der Waals surface area (Å²) >= 11 is 0. The summed E-state index contributed by atoms with van der Waals surface area (Å²) in [6, 6.07) is 1.32. The largest absolute Gasteiger partial charge is 0.481 e. The van der Waals surface area contributed by atoms with Crippen molar-refractivity contribution >= 4 is 12.0 Å². The number of carbonyl (C=O) groups excluding carboxylic acids is 1. The van der Waals surface area contributed by atoms with Crippen LogP contribution in [0, 0.1) is 12.3 Å². The maximum atomic E-state index is 11.4. The predicted molar refractivity (Wildman–Crippen MR) is 60.8 cm³/mol. The van der Waals surface area contributed by atoms with Crippen molar-refractivity contribution in [3.8, 4) is 0 Å². The molecule has 0 saturated heterocycles. The van der Waals surface area contributed by atoms with Crippen molar-refractivity contribution < 1.29 is 19.2 Å². The number of aliphatic carboxylic acids is 1. The highest BCUT2D eigenvalue weighted by molar-refractivity contribution is 5.80. The van der Waals surface area contributed by atoms with Gasteiger partial charge in [-0.25, -0.2) is 4.79 Å². The number of carbonyl (C=O) groups is 2. The fourth-order valence-corrected chi connectivity index (χ4v) is 1.60. The smallest absolute Gasteiger partial charge is 0.315 e. The Morgan fingerprint density at radius 3 is 2.72 bits per heavy atom. The van der Waals surface area contributed by atoms with Crippen molar-refractivity contribution in [2.75, 3.05) is 6.54 Å². The second kappa shape index (κ2) is 4.67. The van der Waals surface area contributed by atoms with Gasteiger partial charge in [-0.2, -0.15) is 0 Å². The second-order valence-corrected chi connectivity index (χ2v) is 4.55. The van der Waals surface area contributed by atoms with Gasteiger partial charge in [0.25, 0.3) is 0 Å². The lowest BCUT2D eigenvalue weighted by atomic mass is 10.1. The zero-order chi connectivity index (χ0) is 13.2. The number of nitrogens with zero attached hydrogens (tertiary/aromatic N) is 1. The summed E-state index contributed by atoms with van der Waals surface area (Å²) < 4.78 is 4.85. The van der Waals surface area contributed by atoms with E-state index in [1.807, 2.05) is 0 Å². The predicted octanol–water partition coefficient (Wildman–Crippen LogP) is 0.647. The van der Waals surface area contributed by atoms with Crippen LogP contribution in [0.5, 0.6) is 0 Å². The molecule has 0 atom stereocenters. The average Bonchev–Trinajstić information content (AvgIpc) is 3.02. The van der Waals surface area contributed by atoms with E-state index in [1.54, 1.807) is 13.0 Å². The highest BCUT2D eigenvalue weighted by Gasteiger charge is 2.50. The fourth-order valence-electron chi connectivity index (χ4n) is 1.60. The molecule has 7 nitrogen and oxygen atoms in total. The molecule has 0 aliphatic heterocycles. The van der Waals surface area contributed by atoms with Gasteiger partial charge in [0, 0.05) is 12.6 Å². The van der Waals surface area contributed by atoms with Crippen molar-refractivity contribution in [1.82, 2.24) is 15.8 Å². The molecule has 3 N–H and O–H groups in total. The van der Waals surface area contributed by atoms with Crippen LogP contribution >= 0.6 is 0 Å². The zero-order valence-electron chi connectivity index (χ0n) is 10.0. The Morgan fingerprint density at radius 1 is 1.50 bits per heavy atom. The summed E-state index contributed by atoms with van der Waals surface area (Å²) in [5.74, 6) is -0.176. The van der Waals surface area contributed by atoms with E-state index in [0.717, 1.165) is 0 Å². The summed E-state index contributed by atoms with van der Waals surface area (Å²) in [5.41, 5.74) is -0.121. The van der Waals surface area contributed by atoms with Gasteiger partial charge < -0.3 is 20.3 Å². The Balaban J connectivity index is 1.71. The van der Waals surface area contributed by atoms with Crippen molar-refractivity contribution in [2.24, 2.45) is 5.41 Å². The third-order valence-corrected chi connectivity index (χ3v) is 3.00. The molecule has 1 aliphatic rings. The highest BCUT2D eigenvalue weighted by atomic mass is 16.5. The minimum absolute atomic E-state index is 0.159. The highest BCUT2D eigenvalue weighted by Crippen LogP contribution is 2.45. The number of aromatic nitrogens is 1. The SMILES string of the molecule is Cc1cc(CNC(=O)NCC2(C(=O)O)CC2)no1. The number of nitrogens with one attached hydrogen (secondary N) is 2. The number of amides is 2. The van der Waals surface area contributed by atoms with Crippen LogP contribution in [-0.4, -0.2) is 28.8 Å². The van der Waals surface area contributed by atoms with Crippen LogP contribution in [0.3, 0.4) is 0 Å². The molecule has 1 aromatic heterocycles. The van der Waals surface area contributed by atoms with Crippen LogP contribution in [0.2, 0.25) is 0 Å². The van der Waals surface area contributed by atoms with Crippen LogP contribution in [0.25, 0.3) is 0 Å². The average molecular weight is 253 g/mol. The number of rotatable bonds is 5. The zero-order valence-corrected chi connectivity index (χ0v) is 10.0. The third-order valence-electron chi connectivity index (χ3n) is 3.00. The van der Waals surface area contributed by atoms with E-state index in [0.29, 0.717) is 24.3 Å². The molecule has 18 heavy (non-hydrogen) atoms. The molecule has 1 aromatic rings. The minimum atomic E-state index is -0.852. The molecule has 2 amide bonds. The van der Waals surface area contributed by atoms with Crippen LogP contribution in [0.1, 0.15) is 24.3 Å². The summed E-state index contributed by atoms with van der Waals surface area (Å²) in [6.45, 7) is 2.18. The molecule has 1 aliphatic carbocycles. The summed E-state index contributed by atoms with van der Waals surface area (Å²) in [4.78, 5) is 22.3. The molecule has 1 saturated carbocycles. The topological polar surface area (TPSA) is 104 Å². The number of carboxylic acid groups (broad SMARTS) is 1. The second-order valence-electron chi connectivity index (χ2n) is 4.55. The molecule has 1 heterocycles. The van der Waals surface area contributed by atoms with E-state index >= 15 is 0 Å². The van der Waals surface area contributed by atoms with Gasteiger partial charge in [0.1, 0.15) is 11.5 Å². The lowest BCUT2D eigenvalue weighted by molar-refractivity contribution is -0.143. The van der Waals surface area contributed by atoms with Gasteiger partial charge in [-0.15, -0.1) is 0 Å². The van der Waals surface area contributed by atoms with Crippen LogP contribution in [0.15, 0.2) is 10.6 Å². The third kappa shape index (κ3) is 2.79. The van der Waals surface area contributed by atoms with Gasteiger partial charge >= 0.3 is 12.0 Å². The normalized spacial score (nSPS) is 16.1. The number of urea groups is 1. The molecular weight excluding hydrogens is 238 g/mol. The first-order chi connectivity index (χ1) is 8.52. The van der Waals surface area contributed by atoms with E-state index in [2.05, 4.69) is 15.8 Å². The van der Waals surface area contributed by atoms with Gasteiger partial charge in [0.2, 0.25) is 0 Å². The molecule has 1 fully saturated rings. The van der Waals surface area contributed by atoms with Crippen molar-refractivity contribution in [3.05, 3.63) is 17.5 Å². The van der Waals surface area contributed by atoms with Crippen molar-refractivity contribution in [2.45, 2.75) is 26.3 Å². The van der Waals surface area contributed by atoms with E-state index in [1.165, 1.54) is 0 Å². The molecule has 7 heteroatoms. The molecule has 0 spiro atoms. The molecule has 0 bridgehead atoms. The van der Waals surface area contributed by atoms with Gasteiger partial charge in [0.05, 0.1) is 12.0 Å². The minimum Gasteiger partial charge on any atom is -0.481 e. The lowest BCUT2D eigenvalue weighted by Crippen LogP contribution is -2.40. The van der Waals surface area contributed by atoms with Crippen LogP contribution in [0.4, 0.5) is 4.79 Å². The summed E-state index contributed by atoms with van der Waals surface area (Å²) in [7, 11) is 0. The molecule has 0 unspecified atom stereocenters. The van der Waals surface area contributed by atoms with Crippen molar-refractivity contribution in [1.29, 1.82) is 0 Å².